The minimum Gasteiger partial charge on any atom is -0.481 e. The van der Waals surface area contributed by atoms with E-state index in [1.54, 1.807) is 12.1 Å². The second-order valence-corrected chi connectivity index (χ2v) is 7.30. The summed E-state index contributed by atoms with van der Waals surface area (Å²) >= 11 is 0. The Morgan fingerprint density at radius 3 is 2.03 bits per heavy atom. The van der Waals surface area contributed by atoms with Crippen LogP contribution in [0.2, 0.25) is 0 Å². The summed E-state index contributed by atoms with van der Waals surface area (Å²) in [6, 6.07) is 11.1. The summed E-state index contributed by atoms with van der Waals surface area (Å²) in [6.07, 6.45) is -6.61. The fourth-order valence-corrected chi connectivity index (χ4v) is 3.71. The average molecular weight is 435 g/mol. The molecule has 1 heterocycles. The molecule has 0 unspecified atom stereocenters. The molecule has 3 rings (SSSR count). The van der Waals surface area contributed by atoms with E-state index in [0.29, 0.717) is 0 Å². The Balaban J connectivity index is 1.65. The molecule has 0 radical (unpaired) electrons. The van der Waals surface area contributed by atoms with Crippen LogP contribution in [0.25, 0.3) is 0 Å². The highest BCUT2D eigenvalue weighted by Gasteiger charge is 2.37. The molecule has 2 aromatic rings. The number of carbonyl (C=O) groups excluding carboxylic acids is 2. The van der Waals surface area contributed by atoms with Gasteiger partial charge in [0.1, 0.15) is 0 Å². The second kappa shape index (κ2) is 8.89. The topological polar surface area (TPSA) is 94.9 Å². The predicted molar refractivity (Wildman–Crippen MR) is 103 cm³/mol. The number of carboxylic acids is 1. The van der Waals surface area contributed by atoms with E-state index >= 15 is 0 Å². The van der Waals surface area contributed by atoms with Crippen LogP contribution >= 0.6 is 0 Å². The van der Waals surface area contributed by atoms with Crippen LogP contribution in [0, 0.1) is 5.92 Å². The number of halogens is 3. The van der Waals surface area contributed by atoms with Gasteiger partial charge in [0.2, 0.25) is 0 Å². The van der Waals surface area contributed by atoms with Crippen LogP contribution in [-0.2, 0) is 17.4 Å². The second-order valence-electron chi connectivity index (χ2n) is 7.30. The van der Waals surface area contributed by atoms with Gasteiger partial charge in [-0.3, -0.25) is 19.3 Å². The first-order chi connectivity index (χ1) is 14.6. The molecule has 31 heavy (non-hydrogen) atoms. The van der Waals surface area contributed by atoms with E-state index < -0.39 is 41.5 Å². The van der Waals surface area contributed by atoms with Crippen LogP contribution in [0.1, 0.15) is 44.7 Å². The van der Waals surface area contributed by atoms with Gasteiger partial charge in [0.25, 0.3) is 11.8 Å². The molecular formula is C22H20F3NO5. The molecule has 2 N–H and O–H groups in total. The van der Waals surface area contributed by atoms with Gasteiger partial charge in [0.05, 0.1) is 28.7 Å². The molecule has 9 heteroatoms. The fourth-order valence-electron chi connectivity index (χ4n) is 3.71. The molecule has 0 saturated heterocycles. The lowest BCUT2D eigenvalue weighted by atomic mass is 9.92. The number of carbonyl (C=O) groups is 3. The van der Waals surface area contributed by atoms with Crippen LogP contribution in [0.15, 0.2) is 48.5 Å². The van der Waals surface area contributed by atoms with Gasteiger partial charge in [-0.1, -0.05) is 30.3 Å². The number of aliphatic hydroxyl groups excluding tert-OH is 1. The van der Waals surface area contributed by atoms with E-state index in [0.717, 1.165) is 11.0 Å². The molecular weight excluding hydrogens is 415 g/mol. The number of aliphatic carboxylic acids is 1. The van der Waals surface area contributed by atoms with Crippen LogP contribution in [-0.4, -0.2) is 45.5 Å². The molecule has 0 bridgehead atoms. The lowest BCUT2D eigenvalue weighted by Gasteiger charge is -2.22. The van der Waals surface area contributed by atoms with Gasteiger partial charge in [-0.05, 0) is 43.0 Å². The number of fused-ring (bicyclic) bond motifs is 1. The molecule has 0 saturated carbocycles. The third-order valence-electron chi connectivity index (χ3n) is 5.36. The molecule has 0 aliphatic carbocycles. The van der Waals surface area contributed by atoms with Gasteiger partial charge in [-0.2, -0.15) is 13.2 Å². The third kappa shape index (κ3) is 4.77. The number of benzene rings is 2. The predicted octanol–water partition coefficient (Wildman–Crippen LogP) is 3.39. The number of hydrogen-bond acceptors (Lipinski definition) is 4. The number of nitrogens with zero attached hydrogens (tertiary/aromatic N) is 1. The molecule has 6 nitrogen and oxygen atoms in total. The Bertz CT molecular complexity index is 970. The molecule has 2 amide bonds. The zero-order chi connectivity index (χ0) is 22.8. The highest BCUT2D eigenvalue weighted by molar-refractivity contribution is 6.21. The SMILES string of the molecule is O=C(O)[C@@H](CCN1C(=O)c2ccccc2C1=O)[C@H](O)CCc1ccccc1C(F)(F)F. The van der Waals surface area contributed by atoms with E-state index in [9.17, 15) is 37.8 Å². The molecule has 2 aromatic carbocycles. The summed E-state index contributed by atoms with van der Waals surface area (Å²) in [5.74, 6) is -3.78. The van der Waals surface area contributed by atoms with Gasteiger partial charge in [0, 0.05) is 6.54 Å². The van der Waals surface area contributed by atoms with Crippen molar-refractivity contribution in [2.75, 3.05) is 6.54 Å². The number of carboxylic acid groups (broad SMARTS) is 1. The number of hydrogen-bond donors (Lipinski definition) is 2. The Hall–Kier alpha value is -3.20. The van der Waals surface area contributed by atoms with Gasteiger partial charge < -0.3 is 10.2 Å². The third-order valence-corrected chi connectivity index (χ3v) is 5.36. The first kappa shape index (κ1) is 22.5. The van der Waals surface area contributed by atoms with Gasteiger partial charge in [-0.25, -0.2) is 0 Å². The van der Waals surface area contributed by atoms with Crippen molar-refractivity contribution in [1.82, 2.24) is 4.90 Å². The van der Waals surface area contributed by atoms with Crippen molar-refractivity contribution in [1.29, 1.82) is 0 Å². The molecule has 164 valence electrons. The summed E-state index contributed by atoms with van der Waals surface area (Å²) in [7, 11) is 0. The minimum absolute atomic E-state index is 0.0430. The van der Waals surface area contributed by atoms with Crippen LogP contribution in [0.4, 0.5) is 13.2 Å². The van der Waals surface area contributed by atoms with Crippen molar-refractivity contribution < 1.29 is 37.8 Å². The van der Waals surface area contributed by atoms with E-state index in [1.165, 1.54) is 30.3 Å². The normalized spacial score (nSPS) is 15.7. The Morgan fingerprint density at radius 2 is 1.48 bits per heavy atom. The van der Waals surface area contributed by atoms with Crippen LogP contribution < -0.4 is 0 Å². The van der Waals surface area contributed by atoms with E-state index in [-0.39, 0.29) is 42.5 Å². The zero-order valence-electron chi connectivity index (χ0n) is 16.3. The summed E-state index contributed by atoms with van der Waals surface area (Å²) in [5, 5.41) is 19.8. The Labute approximate surface area is 175 Å². The zero-order valence-corrected chi connectivity index (χ0v) is 16.3. The van der Waals surface area contributed by atoms with Crippen LogP contribution in [0.3, 0.4) is 0 Å². The summed E-state index contributed by atoms with van der Waals surface area (Å²) in [5.41, 5.74) is -0.425. The highest BCUT2D eigenvalue weighted by atomic mass is 19.4. The highest BCUT2D eigenvalue weighted by Crippen LogP contribution is 2.33. The number of amides is 2. The molecule has 0 spiro atoms. The molecule has 1 aliphatic rings. The maximum atomic E-state index is 13.1. The van der Waals surface area contributed by atoms with Crippen molar-refractivity contribution in [2.24, 2.45) is 5.92 Å². The standard InChI is InChI=1S/C22H20F3NO5/c23-22(24,25)17-8-4-1-5-13(17)9-10-18(27)16(21(30)31)11-12-26-19(28)14-6-2-3-7-15(14)20(26)29/h1-8,16,18,27H,9-12H2,(H,30,31)/t16-,18+/m0/s1. The van der Waals surface area contributed by atoms with Crippen molar-refractivity contribution in [3.63, 3.8) is 0 Å². The van der Waals surface area contributed by atoms with Crippen LogP contribution in [0.5, 0.6) is 0 Å². The van der Waals surface area contributed by atoms with Crippen molar-refractivity contribution in [3.05, 3.63) is 70.8 Å². The van der Waals surface area contributed by atoms with E-state index in [4.69, 9.17) is 0 Å². The average Bonchev–Trinajstić information content (AvgIpc) is 2.96. The number of aliphatic hydroxyl groups is 1. The lowest BCUT2D eigenvalue weighted by molar-refractivity contribution is -0.146. The number of imide groups is 1. The van der Waals surface area contributed by atoms with Crippen molar-refractivity contribution >= 4 is 17.8 Å². The minimum atomic E-state index is -4.56. The van der Waals surface area contributed by atoms with Gasteiger partial charge in [0.15, 0.2) is 0 Å². The van der Waals surface area contributed by atoms with Crippen molar-refractivity contribution in [3.8, 4) is 0 Å². The maximum Gasteiger partial charge on any atom is 0.416 e. The number of aryl methyl sites for hydroxylation is 1. The van der Waals surface area contributed by atoms with Gasteiger partial charge >= 0.3 is 12.1 Å². The smallest absolute Gasteiger partial charge is 0.416 e. The summed E-state index contributed by atoms with van der Waals surface area (Å²) in [4.78, 5) is 37.3. The van der Waals surface area contributed by atoms with E-state index in [1.807, 2.05) is 0 Å². The van der Waals surface area contributed by atoms with E-state index in [2.05, 4.69) is 0 Å². The number of rotatable bonds is 8. The molecule has 2 atom stereocenters. The molecule has 0 fully saturated rings. The first-order valence-electron chi connectivity index (χ1n) is 9.62. The Morgan fingerprint density at radius 1 is 0.935 bits per heavy atom. The summed E-state index contributed by atoms with van der Waals surface area (Å²) < 4.78 is 39.3. The lowest BCUT2D eigenvalue weighted by Crippen LogP contribution is -2.36. The molecule has 0 aromatic heterocycles. The maximum absolute atomic E-state index is 13.1. The first-order valence-corrected chi connectivity index (χ1v) is 9.62. The largest absolute Gasteiger partial charge is 0.481 e. The van der Waals surface area contributed by atoms with Crippen molar-refractivity contribution in [2.45, 2.75) is 31.5 Å². The number of alkyl halides is 3. The summed E-state index contributed by atoms with van der Waals surface area (Å²) in [6.45, 7) is -0.223. The fraction of sp³-hybridized carbons (Fsp3) is 0.318. The molecule has 1 aliphatic heterocycles. The monoisotopic (exact) mass is 435 g/mol. The Kier molecular flexibility index (Phi) is 6.45. The quantitative estimate of drug-likeness (QED) is 0.620. The van der Waals surface area contributed by atoms with Gasteiger partial charge in [-0.15, -0.1) is 0 Å².